The quantitative estimate of drug-likeness (QED) is 0.285. The Morgan fingerprint density at radius 3 is 2.43 bits per heavy atom. The van der Waals surface area contributed by atoms with Crippen molar-refractivity contribution in [3.05, 3.63) is 63.9 Å². The van der Waals surface area contributed by atoms with Gasteiger partial charge in [0.2, 0.25) is 0 Å². The Morgan fingerprint density at radius 1 is 1.03 bits per heavy atom. The number of piperidine rings is 1. The molecule has 10 heteroatoms. The summed E-state index contributed by atoms with van der Waals surface area (Å²) in [6.07, 6.45) is 2.92. The van der Waals surface area contributed by atoms with Crippen LogP contribution in [0, 0.1) is 5.92 Å². The molecule has 0 N–H and O–H groups in total. The lowest BCUT2D eigenvalue weighted by molar-refractivity contribution is -0.148. The number of esters is 1. The molecule has 0 amide bonds. The second-order valence-corrected chi connectivity index (χ2v) is 9.53. The summed E-state index contributed by atoms with van der Waals surface area (Å²) in [6, 6.07) is 12.8. The Hall–Kier alpha value is -2.87. The standard InChI is InChI=1S/C25H22Cl3N5O2/c1-2-35-25(34)15-9-11-32(12-10-15)23-21-24(30-14-29-23)33(18-6-3-16(26)4-7-18)22(31-21)19-8-5-17(27)13-20(19)28/h3-8,13-15H,2,9-12H2,1H3. The van der Waals surface area contributed by atoms with Gasteiger partial charge in [0.05, 0.1) is 17.5 Å². The maximum absolute atomic E-state index is 12.2. The fourth-order valence-electron chi connectivity index (χ4n) is 4.39. The predicted molar refractivity (Wildman–Crippen MR) is 139 cm³/mol. The zero-order valence-electron chi connectivity index (χ0n) is 18.9. The van der Waals surface area contributed by atoms with Gasteiger partial charge < -0.3 is 9.64 Å². The zero-order valence-corrected chi connectivity index (χ0v) is 21.2. The number of ether oxygens (including phenoxy) is 1. The third-order valence-electron chi connectivity index (χ3n) is 6.10. The van der Waals surface area contributed by atoms with Crippen LogP contribution in [-0.2, 0) is 9.53 Å². The summed E-state index contributed by atoms with van der Waals surface area (Å²) in [6.45, 7) is 3.55. The fourth-order valence-corrected chi connectivity index (χ4v) is 5.00. The second kappa shape index (κ2) is 10.0. The monoisotopic (exact) mass is 529 g/mol. The van der Waals surface area contributed by atoms with E-state index in [-0.39, 0.29) is 11.9 Å². The van der Waals surface area contributed by atoms with Crippen molar-refractivity contribution < 1.29 is 9.53 Å². The summed E-state index contributed by atoms with van der Waals surface area (Å²) in [7, 11) is 0. The molecule has 7 nitrogen and oxygen atoms in total. The molecule has 1 aliphatic rings. The van der Waals surface area contributed by atoms with Gasteiger partial charge in [0.25, 0.3) is 0 Å². The van der Waals surface area contributed by atoms with Gasteiger partial charge >= 0.3 is 5.97 Å². The second-order valence-electron chi connectivity index (χ2n) is 8.25. The van der Waals surface area contributed by atoms with Crippen molar-refractivity contribution in [2.75, 3.05) is 24.6 Å². The van der Waals surface area contributed by atoms with Crippen molar-refractivity contribution in [2.24, 2.45) is 5.92 Å². The lowest BCUT2D eigenvalue weighted by atomic mass is 9.97. The van der Waals surface area contributed by atoms with Crippen molar-refractivity contribution in [3.63, 3.8) is 0 Å². The van der Waals surface area contributed by atoms with Gasteiger partial charge in [0.1, 0.15) is 12.2 Å². The number of halogens is 3. The number of anilines is 1. The molecule has 0 bridgehead atoms. The summed E-state index contributed by atoms with van der Waals surface area (Å²) in [5.74, 6) is 1.11. The molecule has 0 unspecified atom stereocenters. The minimum Gasteiger partial charge on any atom is -0.466 e. The number of aromatic nitrogens is 4. The molecule has 5 rings (SSSR count). The van der Waals surface area contributed by atoms with Crippen molar-refractivity contribution in [3.8, 4) is 17.1 Å². The highest BCUT2D eigenvalue weighted by atomic mass is 35.5. The van der Waals surface area contributed by atoms with Crippen LogP contribution in [0.15, 0.2) is 48.8 Å². The van der Waals surface area contributed by atoms with Gasteiger partial charge in [-0.2, -0.15) is 0 Å². The third-order valence-corrected chi connectivity index (χ3v) is 6.90. The summed E-state index contributed by atoms with van der Waals surface area (Å²) in [5.41, 5.74) is 2.85. The third kappa shape index (κ3) is 4.68. The van der Waals surface area contributed by atoms with E-state index in [9.17, 15) is 4.79 Å². The Kier molecular flexibility index (Phi) is 6.82. The van der Waals surface area contributed by atoms with Gasteiger partial charge in [0.15, 0.2) is 17.0 Å². The lowest BCUT2D eigenvalue weighted by Crippen LogP contribution is -2.37. The van der Waals surface area contributed by atoms with E-state index >= 15 is 0 Å². The molecule has 3 heterocycles. The van der Waals surface area contributed by atoms with Crippen LogP contribution >= 0.6 is 34.8 Å². The maximum atomic E-state index is 12.2. The molecule has 2 aromatic carbocycles. The minimum absolute atomic E-state index is 0.0985. The van der Waals surface area contributed by atoms with Crippen LogP contribution in [0.1, 0.15) is 19.8 Å². The molecule has 35 heavy (non-hydrogen) atoms. The predicted octanol–water partition coefficient (Wildman–Crippen LogP) is 6.22. The molecule has 0 aliphatic carbocycles. The first-order chi connectivity index (χ1) is 17.0. The van der Waals surface area contributed by atoms with Crippen molar-refractivity contribution in [1.29, 1.82) is 0 Å². The molecule has 0 spiro atoms. The van der Waals surface area contributed by atoms with Crippen LogP contribution in [0.3, 0.4) is 0 Å². The smallest absolute Gasteiger partial charge is 0.309 e. The number of imidazole rings is 1. The lowest BCUT2D eigenvalue weighted by Gasteiger charge is -2.31. The molecule has 180 valence electrons. The summed E-state index contributed by atoms with van der Waals surface area (Å²) in [4.78, 5) is 28.5. The van der Waals surface area contributed by atoms with Gasteiger partial charge in [-0.05, 0) is 62.2 Å². The van der Waals surface area contributed by atoms with E-state index in [0.29, 0.717) is 64.6 Å². The number of carbonyl (C=O) groups is 1. The first kappa shape index (κ1) is 23.9. The summed E-state index contributed by atoms with van der Waals surface area (Å²) >= 11 is 18.9. The molecule has 1 saturated heterocycles. The van der Waals surface area contributed by atoms with E-state index in [1.165, 1.54) is 6.33 Å². The fraction of sp³-hybridized carbons (Fsp3) is 0.280. The number of fused-ring (bicyclic) bond motifs is 1. The molecular weight excluding hydrogens is 509 g/mol. The average molecular weight is 531 g/mol. The molecule has 0 radical (unpaired) electrons. The molecule has 0 atom stereocenters. The zero-order chi connectivity index (χ0) is 24.5. The molecule has 4 aromatic rings. The van der Waals surface area contributed by atoms with Gasteiger partial charge in [-0.3, -0.25) is 9.36 Å². The highest BCUT2D eigenvalue weighted by Crippen LogP contribution is 2.36. The van der Waals surface area contributed by atoms with Crippen LogP contribution in [0.5, 0.6) is 0 Å². The van der Waals surface area contributed by atoms with E-state index in [1.807, 2.05) is 41.8 Å². The normalized spacial score (nSPS) is 14.5. The molecule has 0 saturated carbocycles. The van der Waals surface area contributed by atoms with Crippen LogP contribution in [-0.4, -0.2) is 45.2 Å². The average Bonchev–Trinajstić information content (AvgIpc) is 3.24. The number of benzene rings is 2. The van der Waals surface area contributed by atoms with E-state index in [0.717, 1.165) is 17.1 Å². The van der Waals surface area contributed by atoms with Crippen LogP contribution in [0.2, 0.25) is 15.1 Å². The van der Waals surface area contributed by atoms with Crippen molar-refractivity contribution in [1.82, 2.24) is 19.5 Å². The van der Waals surface area contributed by atoms with E-state index in [4.69, 9.17) is 44.5 Å². The highest BCUT2D eigenvalue weighted by Gasteiger charge is 2.29. The van der Waals surface area contributed by atoms with E-state index in [1.54, 1.807) is 12.1 Å². The Balaban J connectivity index is 1.61. The van der Waals surface area contributed by atoms with Gasteiger partial charge in [-0.1, -0.05) is 34.8 Å². The van der Waals surface area contributed by atoms with Crippen molar-refractivity contribution >= 4 is 57.8 Å². The first-order valence-electron chi connectivity index (χ1n) is 11.3. The van der Waals surface area contributed by atoms with Gasteiger partial charge in [0, 0.05) is 34.4 Å². The maximum Gasteiger partial charge on any atom is 0.309 e. The van der Waals surface area contributed by atoms with Crippen LogP contribution < -0.4 is 4.90 Å². The van der Waals surface area contributed by atoms with Crippen LogP contribution in [0.25, 0.3) is 28.2 Å². The Bertz CT molecular complexity index is 1380. The SMILES string of the molecule is CCOC(=O)C1CCN(c2ncnc3c2nc(-c2ccc(Cl)cc2Cl)n3-c2ccc(Cl)cc2)CC1. The molecule has 1 aliphatic heterocycles. The number of hydrogen-bond acceptors (Lipinski definition) is 6. The highest BCUT2D eigenvalue weighted by molar-refractivity contribution is 6.36. The topological polar surface area (TPSA) is 73.1 Å². The largest absolute Gasteiger partial charge is 0.466 e. The number of carbonyl (C=O) groups excluding carboxylic acids is 1. The molecule has 1 fully saturated rings. The number of hydrogen-bond donors (Lipinski definition) is 0. The van der Waals surface area contributed by atoms with E-state index < -0.39 is 0 Å². The van der Waals surface area contributed by atoms with Gasteiger partial charge in [-0.15, -0.1) is 0 Å². The Labute approximate surface area is 217 Å². The number of nitrogens with zero attached hydrogens (tertiary/aromatic N) is 5. The first-order valence-corrected chi connectivity index (χ1v) is 12.5. The van der Waals surface area contributed by atoms with Gasteiger partial charge in [-0.25, -0.2) is 15.0 Å². The minimum atomic E-state index is -0.133. The molecular formula is C25H22Cl3N5O2. The van der Waals surface area contributed by atoms with E-state index in [2.05, 4.69) is 14.9 Å². The van der Waals surface area contributed by atoms with Crippen molar-refractivity contribution in [2.45, 2.75) is 19.8 Å². The van der Waals surface area contributed by atoms with Crippen LogP contribution in [0.4, 0.5) is 5.82 Å². The molecule has 2 aromatic heterocycles. The summed E-state index contributed by atoms with van der Waals surface area (Å²) in [5, 5.41) is 1.65. The Morgan fingerprint density at radius 2 is 1.74 bits per heavy atom. The number of rotatable bonds is 5. The summed E-state index contributed by atoms with van der Waals surface area (Å²) < 4.78 is 7.15.